The van der Waals surface area contributed by atoms with Gasteiger partial charge in [-0.15, -0.1) is 0 Å². The second-order valence-electron chi connectivity index (χ2n) is 2.54. The molecule has 0 amide bonds. The Morgan fingerprint density at radius 1 is 1.42 bits per heavy atom. The van der Waals surface area contributed by atoms with E-state index in [0.29, 0.717) is 0 Å². The summed E-state index contributed by atoms with van der Waals surface area (Å²) in [6.07, 6.45) is -1.06. The molecule has 0 unspecified atom stereocenters. The Balaban J connectivity index is 2.72. The van der Waals surface area contributed by atoms with Crippen LogP contribution in [0.2, 0.25) is 0 Å². The van der Waals surface area contributed by atoms with Crippen LogP contribution in [0.4, 0.5) is 0 Å². The number of methoxy groups -OCH3 is 1. The molecular formula is C9H12O3. The highest BCUT2D eigenvalue weighted by Gasteiger charge is 2.00. The predicted octanol–water partition coefficient (Wildman–Crippen LogP) is 0.548. The van der Waals surface area contributed by atoms with Crippen molar-refractivity contribution in [3.05, 3.63) is 29.8 Å². The predicted molar refractivity (Wildman–Crippen MR) is 44.9 cm³/mol. The van der Waals surface area contributed by atoms with E-state index < -0.39 is 6.29 Å². The zero-order valence-electron chi connectivity index (χ0n) is 6.90. The number of hydrogen-bond acceptors (Lipinski definition) is 3. The third kappa shape index (κ3) is 2.53. The van der Waals surface area contributed by atoms with Gasteiger partial charge in [-0.2, -0.15) is 0 Å². The van der Waals surface area contributed by atoms with Crippen LogP contribution in [0.3, 0.4) is 0 Å². The topological polar surface area (TPSA) is 49.7 Å². The number of aliphatic hydroxyl groups excluding tert-OH is 1. The molecule has 1 aromatic carbocycles. The van der Waals surface area contributed by atoms with Gasteiger partial charge in [0, 0.05) is 6.42 Å². The molecule has 0 heterocycles. The van der Waals surface area contributed by atoms with Crippen LogP contribution in [0.5, 0.6) is 5.75 Å². The number of rotatable bonds is 3. The number of hydrogen-bond donors (Lipinski definition) is 2. The van der Waals surface area contributed by atoms with Gasteiger partial charge < -0.3 is 14.9 Å². The average molecular weight is 168 g/mol. The second-order valence-corrected chi connectivity index (χ2v) is 2.54. The largest absolute Gasteiger partial charge is 0.497 e. The molecule has 0 radical (unpaired) electrons. The molecule has 0 fully saturated rings. The van der Waals surface area contributed by atoms with Crippen LogP contribution in [0, 0.1) is 0 Å². The lowest BCUT2D eigenvalue weighted by Gasteiger charge is -2.05. The van der Waals surface area contributed by atoms with E-state index in [1.54, 1.807) is 13.2 Å². The van der Waals surface area contributed by atoms with Crippen molar-refractivity contribution in [1.29, 1.82) is 0 Å². The summed E-state index contributed by atoms with van der Waals surface area (Å²) in [7, 11) is 1.58. The highest BCUT2D eigenvalue weighted by atomic mass is 16.5. The molecule has 66 valence electrons. The molecule has 3 heteroatoms. The van der Waals surface area contributed by atoms with Gasteiger partial charge in [-0.25, -0.2) is 0 Å². The molecule has 0 aliphatic rings. The van der Waals surface area contributed by atoms with Crippen molar-refractivity contribution in [2.75, 3.05) is 7.11 Å². The summed E-state index contributed by atoms with van der Waals surface area (Å²) in [5.74, 6) is 0.730. The first kappa shape index (κ1) is 9.03. The molecule has 1 rings (SSSR count). The summed E-state index contributed by atoms with van der Waals surface area (Å²) in [6, 6.07) is 7.23. The molecule has 0 atom stereocenters. The molecule has 2 N–H and O–H groups in total. The van der Waals surface area contributed by atoms with Gasteiger partial charge in [0.05, 0.1) is 7.11 Å². The monoisotopic (exact) mass is 168 g/mol. The van der Waals surface area contributed by atoms with Gasteiger partial charge in [0.2, 0.25) is 0 Å². The van der Waals surface area contributed by atoms with Gasteiger partial charge in [0.25, 0.3) is 0 Å². The highest BCUT2D eigenvalue weighted by Crippen LogP contribution is 2.13. The molecule has 0 aromatic heterocycles. The molecule has 3 nitrogen and oxygen atoms in total. The maximum absolute atomic E-state index is 8.68. The molecule has 0 aliphatic heterocycles. The lowest BCUT2D eigenvalue weighted by Crippen LogP contribution is -2.07. The Kier molecular flexibility index (Phi) is 3.08. The van der Waals surface area contributed by atoms with E-state index in [1.165, 1.54) is 0 Å². The Morgan fingerprint density at radius 3 is 2.75 bits per heavy atom. The van der Waals surface area contributed by atoms with Crippen LogP contribution in [0.15, 0.2) is 24.3 Å². The highest BCUT2D eigenvalue weighted by molar-refractivity contribution is 5.28. The minimum absolute atomic E-state index is 0.233. The maximum Gasteiger partial charge on any atom is 0.155 e. The quantitative estimate of drug-likeness (QED) is 0.648. The Labute approximate surface area is 71.2 Å². The second kappa shape index (κ2) is 4.09. The number of benzene rings is 1. The zero-order chi connectivity index (χ0) is 8.97. The molecule has 0 aliphatic carbocycles. The molecule has 0 bridgehead atoms. The summed E-state index contributed by atoms with van der Waals surface area (Å²) in [5, 5.41) is 17.4. The summed E-state index contributed by atoms with van der Waals surface area (Å²) in [5.41, 5.74) is 0.851. The van der Waals surface area contributed by atoms with Crippen LogP contribution >= 0.6 is 0 Å². The lowest BCUT2D eigenvalue weighted by molar-refractivity contribution is -0.0381. The van der Waals surface area contributed by atoms with Gasteiger partial charge in [-0.05, 0) is 17.7 Å². The standard InChI is InChI=1S/C9H12O3/c1-12-8-4-2-3-7(5-8)6-9(10)11/h2-5,9-11H,6H2,1H3. The summed E-state index contributed by atoms with van der Waals surface area (Å²) >= 11 is 0. The fourth-order valence-corrected chi connectivity index (χ4v) is 1.01. The van der Waals surface area contributed by atoms with Gasteiger partial charge >= 0.3 is 0 Å². The van der Waals surface area contributed by atoms with Crippen molar-refractivity contribution in [3.8, 4) is 5.75 Å². The minimum Gasteiger partial charge on any atom is -0.497 e. The number of aliphatic hydroxyl groups is 2. The van der Waals surface area contributed by atoms with Crippen molar-refractivity contribution in [3.63, 3.8) is 0 Å². The van der Waals surface area contributed by atoms with Crippen LogP contribution < -0.4 is 4.74 Å². The van der Waals surface area contributed by atoms with E-state index in [4.69, 9.17) is 14.9 Å². The third-order valence-electron chi connectivity index (χ3n) is 1.55. The van der Waals surface area contributed by atoms with Crippen molar-refractivity contribution >= 4 is 0 Å². The Hall–Kier alpha value is -1.06. The van der Waals surface area contributed by atoms with Gasteiger partial charge in [-0.1, -0.05) is 12.1 Å². The van der Waals surface area contributed by atoms with Gasteiger partial charge in [-0.3, -0.25) is 0 Å². The third-order valence-corrected chi connectivity index (χ3v) is 1.55. The molecular weight excluding hydrogens is 156 g/mol. The van der Waals surface area contributed by atoms with Gasteiger partial charge in [0.15, 0.2) is 6.29 Å². The normalized spacial score (nSPS) is 10.3. The Morgan fingerprint density at radius 2 is 2.17 bits per heavy atom. The van der Waals surface area contributed by atoms with E-state index in [-0.39, 0.29) is 6.42 Å². The van der Waals surface area contributed by atoms with E-state index in [2.05, 4.69) is 0 Å². The average Bonchev–Trinajstić information content (AvgIpc) is 2.03. The zero-order valence-corrected chi connectivity index (χ0v) is 6.90. The SMILES string of the molecule is COc1cccc(CC(O)O)c1. The molecule has 0 spiro atoms. The van der Waals surface area contributed by atoms with E-state index >= 15 is 0 Å². The van der Waals surface area contributed by atoms with Crippen LogP contribution in [0.1, 0.15) is 5.56 Å². The number of ether oxygens (including phenoxy) is 1. The molecule has 12 heavy (non-hydrogen) atoms. The van der Waals surface area contributed by atoms with Crippen LogP contribution in [-0.4, -0.2) is 23.6 Å². The smallest absolute Gasteiger partial charge is 0.155 e. The van der Waals surface area contributed by atoms with E-state index in [0.717, 1.165) is 11.3 Å². The summed E-state index contributed by atoms with van der Waals surface area (Å²) in [4.78, 5) is 0. The van der Waals surface area contributed by atoms with Crippen LogP contribution in [0.25, 0.3) is 0 Å². The fraction of sp³-hybridized carbons (Fsp3) is 0.333. The van der Waals surface area contributed by atoms with Crippen molar-refractivity contribution in [2.24, 2.45) is 0 Å². The van der Waals surface area contributed by atoms with Crippen molar-refractivity contribution < 1.29 is 14.9 Å². The molecule has 0 saturated heterocycles. The first-order chi connectivity index (χ1) is 5.72. The minimum atomic E-state index is -1.29. The molecule has 0 saturated carbocycles. The first-order valence-electron chi connectivity index (χ1n) is 3.71. The fourth-order valence-electron chi connectivity index (χ4n) is 1.01. The summed E-state index contributed by atoms with van der Waals surface area (Å²) in [6.45, 7) is 0. The van der Waals surface area contributed by atoms with E-state index in [9.17, 15) is 0 Å². The first-order valence-corrected chi connectivity index (χ1v) is 3.71. The Bertz CT molecular complexity index is 245. The molecule has 1 aromatic rings. The maximum atomic E-state index is 8.68. The lowest BCUT2D eigenvalue weighted by atomic mass is 10.1. The van der Waals surface area contributed by atoms with E-state index in [1.807, 2.05) is 18.2 Å². The van der Waals surface area contributed by atoms with Crippen molar-refractivity contribution in [2.45, 2.75) is 12.7 Å². The summed E-state index contributed by atoms with van der Waals surface area (Å²) < 4.78 is 4.97. The van der Waals surface area contributed by atoms with Crippen molar-refractivity contribution in [1.82, 2.24) is 0 Å². The van der Waals surface area contributed by atoms with Gasteiger partial charge in [0.1, 0.15) is 5.75 Å². The van der Waals surface area contributed by atoms with Crippen LogP contribution in [-0.2, 0) is 6.42 Å².